The molecule has 0 spiro atoms. The van der Waals surface area contributed by atoms with E-state index in [2.05, 4.69) is 36.6 Å². The summed E-state index contributed by atoms with van der Waals surface area (Å²) in [6, 6.07) is 8.42. The maximum absolute atomic E-state index is 5.63. The number of benzene rings is 1. The minimum Gasteiger partial charge on any atom is -0.377 e. The Morgan fingerprint density at radius 2 is 2.12 bits per heavy atom. The van der Waals surface area contributed by atoms with Gasteiger partial charge in [0.15, 0.2) is 0 Å². The van der Waals surface area contributed by atoms with Gasteiger partial charge in [-0.15, -0.1) is 0 Å². The molecule has 0 saturated heterocycles. The van der Waals surface area contributed by atoms with Gasteiger partial charge < -0.3 is 4.74 Å². The Labute approximate surface area is 98.0 Å². The first kappa shape index (κ1) is 13.2. The summed E-state index contributed by atoms with van der Waals surface area (Å²) < 4.78 is 5.48. The first-order valence-electron chi connectivity index (χ1n) is 5.65. The van der Waals surface area contributed by atoms with Crippen LogP contribution in [0.5, 0.6) is 0 Å². The lowest BCUT2D eigenvalue weighted by atomic mass is 9.91. The van der Waals surface area contributed by atoms with Crippen molar-refractivity contribution in [2.24, 2.45) is 5.84 Å². The lowest BCUT2D eigenvalue weighted by Gasteiger charge is -2.33. The van der Waals surface area contributed by atoms with Crippen LogP contribution in [0.3, 0.4) is 0 Å². The Morgan fingerprint density at radius 3 is 2.62 bits per heavy atom. The van der Waals surface area contributed by atoms with Gasteiger partial charge in [-0.05, 0) is 31.4 Å². The topological polar surface area (TPSA) is 47.3 Å². The van der Waals surface area contributed by atoms with Crippen LogP contribution in [-0.4, -0.2) is 12.7 Å². The molecule has 0 bridgehead atoms. The van der Waals surface area contributed by atoms with Gasteiger partial charge in [0.25, 0.3) is 0 Å². The standard InChI is InChI=1S/C13H22N2O/c1-5-10-7-6-8-11(9-10)12(15-14)13(2,3)16-4/h6-9,12,15H,5,14H2,1-4H3. The first-order chi connectivity index (χ1) is 7.55. The fourth-order valence-electron chi connectivity index (χ4n) is 1.81. The van der Waals surface area contributed by atoms with Crippen LogP contribution >= 0.6 is 0 Å². The predicted octanol–water partition coefficient (Wildman–Crippen LogP) is 2.18. The highest BCUT2D eigenvalue weighted by Crippen LogP contribution is 2.28. The molecular formula is C13H22N2O. The van der Waals surface area contributed by atoms with Crippen molar-refractivity contribution in [1.82, 2.24) is 5.43 Å². The first-order valence-corrected chi connectivity index (χ1v) is 5.65. The van der Waals surface area contributed by atoms with Gasteiger partial charge in [0.2, 0.25) is 0 Å². The van der Waals surface area contributed by atoms with E-state index < -0.39 is 0 Å². The number of hydrogen-bond acceptors (Lipinski definition) is 3. The summed E-state index contributed by atoms with van der Waals surface area (Å²) in [6.45, 7) is 6.19. The van der Waals surface area contributed by atoms with Crippen molar-refractivity contribution in [1.29, 1.82) is 0 Å². The summed E-state index contributed by atoms with van der Waals surface area (Å²) >= 11 is 0. The van der Waals surface area contributed by atoms with Gasteiger partial charge >= 0.3 is 0 Å². The zero-order valence-corrected chi connectivity index (χ0v) is 10.6. The average Bonchev–Trinajstić information content (AvgIpc) is 2.30. The molecule has 0 radical (unpaired) electrons. The largest absolute Gasteiger partial charge is 0.377 e. The van der Waals surface area contributed by atoms with Crippen LogP contribution < -0.4 is 11.3 Å². The lowest BCUT2D eigenvalue weighted by Crippen LogP contribution is -2.44. The van der Waals surface area contributed by atoms with Gasteiger partial charge in [-0.25, -0.2) is 0 Å². The van der Waals surface area contributed by atoms with Gasteiger partial charge in [0.1, 0.15) is 0 Å². The van der Waals surface area contributed by atoms with Crippen LogP contribution in [0.25, 0.3) is 0 Å². The van der Waals surface area contributed by atoms with Crippen molar-refractivity contribution in [3.8, 4) is 0 Å². The molecule has 0 aliphatic carbocycles. The van der Waals surface area contributed by atoms with E-state index in [1.165, 1.54) is 5.56 Å². The van der Waals surface area contributed by atoms with Crippen LogP contribution in [0.4, 0.5) is 0 Å². The molecular weight excluding hydrogens is 200 g/mol. The molecule has 3 N–H and O–H groups in total. The molecule has 1 atom stereocenters. The second-order valence-corrected chi connectivity index (χ2v) is 4.51. The molecule has 0 aromatic heterocycles. The Morgan fingerprint density at radius 1 is 1.44 bits per heavy atom. The number of hydrazine groups is 1. The second kappa shape index (κ2) is 5.43. The SMILES string of the molecule is CCc1cccc(C(NN)C(C)(C)OC)c1. The van der Waals surface area contributed by atoms with Gasteiger partial charge in [-0.1, -0.05) is 31.2 Å². The van der Waals surface area contributed by atoms with E-state index in [1.54, 1.807) is 7.11 Å². The minimum absolute atomic E-state index is 0.0102. The van der Waals surface area contributed by atoms with Gasteiger partial charge in [-0.2, -0.15) is 0 Å². The molecule has 1 aromatic rings. The summed E-state index contributed by atoms with van der Waals surface area (Å²) in [6.07, 6.45) is 1.03. The number of methoxy groups -OCH3 is 1. The number of aryl methyl sites for hydroxylation is 1. The van der Waals surface area contributed by atoms with Crippen molar-refractivity contribution in [2.45, 2.75) is 38.8 Å². The van der Waals surface area contributed by atoms with E-state index >= 15 is 0 Å². The molecule has 3 heteroatoms. The fourth-order valence-corrected chi connectivity index (χ4v) is 1.81. The number of hydrogen-bond donors (Lipinski definition) is 2. The maximum atomic E-state index is 5.63. The number of rotatable bonds is 5. The monoisotopic (exact) mass is 222 g/mol. The van der Waals surface area contributed by atoms with E-state index in [0.29, 0.717) is 0 Å². The van der Waals surface area contributed by atoms with Crippen LogP contribution in [0.2, 0.25) is 0 Å². The van der Waals surface area contributed by atoms with Crippen LogP contribution in [0.15, 0.2) is 24.3 Å². The average molecular weight is 222 g/mol. The van der Waals surface area contributed by atoms with Crippen molar-refractivity contribution in [2.75, 3.05) is 7.11 Å². The molecule has 90 valence electrons. The second-order valence-electron chi connectivity index (χ2n) is 4.51. The van der Waals surface area contributed by atoms with E-state index in [-0.39, 0.29) is 11.6 Å². The molecule has 0 fully saturated rings. The van der Waals surface area contributed by atoms with Crippen molar-refractivity contribution >= 4 is 0 Å². The van der Waals surface area contributed by atoms with Gasteiger partial charge in [0, 0.05) is 7.11 Å². The summed E-state index contributed by atoms with van der Waals surface area (Å²) in [4.78, 5) is 0. The van der Waals surface area contributed by atoms with Gasteiger partial charge in [0.05, 0.1) is 11.6 Å². The Hall–Kier alpha value is -0.900. The van der Waals surface area contributed by atoms with E-state index in [1.807, 2.05) is 13.8 Å². The third-order valence-electron chi connectivity index (χ3n) is 3.08. The molecule has 1 aromatic carbocycles. The van der Waals surface area contributed by atoms with Crippen LogP contribution in [0, 0.1) is 0 Å². The van der Waals surface area contributed by atoms with Crippen LogP contribution in [0.1, 0.15) is 37.9 Å². The number of nitrogens with one attached hydrogen (secondary N) is 1. The van der Waals surface area contributed by atoms with E-state index in [9.17, 15) is 0 Å². The summed E-state index contributed by atoms with van der Waals surface area (Å²) in [5.74, 6) is 5.63. The minimum atomic E-state index is -0.332. The van der Waals surface area contributed by atoms with Crippen molar-refractivity contribution in [3.05, 3.63) is 35.4 Å². The number of nitrogens with two attached hydrogens (primary N) is 1. The molecule has 3 nitrogen and oxygen atoms in total. The van der Waals surface area contributed by atoms with Gasteiger partial charge in [-0.3, -0.25) is 11.3 Å². The highest BCUT2D eigenvalue weighted by Gasteiger charge is 2.29. The molecule has 1 unspecified atom stereocenters. The molecule has 0 aliphatic rings. The highest BCUT2D eigenvalue weighted by atomic mass is 16.5. The highest BCUT2D eigenvalue weighted by molar-refractivity contribution is 5.27. The Bertz CT molecular complexity index is 336. The van der Waals surface area contributed by atoms with E-state index in [0.717, 1.165) is 12.0 Å². The van der Waals surface area contributed by atoms with Crippen molar-refractivity contribution < 1.29 is 4.74 Å². The fraction of sp³-hybridized carbons (Fsp3) is 0.538. The van der Waals surface area contributed by atoms with Crippen molar-refractivity contribution in [3.63, 3.8) is 0 Å². The van der Waals surface area contributed by atoms with E-state index in [4.69, 9.17) is 10.6 Å². The zero-order valence-electron chi connectivity index (χ0n) is 10.6. The zero-order chi connectivity index (χ0) is 12.2. The maximum Gasteiger partial charge on any atom is 0.0829 e. The predicted molar refractivity (Wildman–Crippen MR) is 67.0 cm³/mol. The molecule has 0 aliphatic heterocycles. The molecule has 0 heterocycles. The lowest BCUT2D eigenvalue weighted by molar-refractivity contribution is -0.0111. The summed E-state index contributed by atoms with van der Waals surface area (Å²) in [5.41, 5.74) is 4.97. The summed E-state index contributed by atoms with van der Waals surface area (Å²) in [7, 11) is 1.70. The molecule has 16 heavy (non-hydrogen) atoms. The smallest absolute Gasteiger partial charge is 0.0829 e. The van der Waals surface area contributed by atoms with Crippen LogP contribution in [-0.2, 0) is 11.2 Å². The third kappa shape index (κ3) is 2.82. The third-order valence-corrected chi connectivity index (χ3v) is 3.08. The summed E-state index contributed by atoms with van der Waals surface area (Å²) in [5, 5.41) is 0. The Balaban J connectivity index is 3.03. The number of ether oxygens (including phenoxy) is 1. The Kier molecular flexibility index (Phi) is 4.47. The quantitative estimate of drug-likeness (QED) is 0.593. The molecule has 0 saturated carbocycles. The normalized spacial score (nSPS) is 13.8. The molecule has 1 rings (SSSR count). The molecule has 0 amide bonds.